The highest BCUT2D eigenvalue weighted by molar-refractivity contribution is 6.31. The van der Waals surface area contributed by atoms with Gasteiger partial charge in [0.15, 0.2) is 0 Å². The first kappa shape index (κ1) is 12.2. The Morgan fingerprint density at radius 3 is 3.00 bits per heavy atom. The lowest BCUT2D eigenvalue weighted by Gasteiger charge is -2.20. The number of rotatable bonds is 3. The maximum Gasteiger partial charge on any atom is 0.101 e. The van der Waals surface area contributed by atoms with Crippen molar-refractivity contribution in [2.45, 2.75) is 25.3 Å². The van der Waals surface area contributed by atoms with Crippen molar-refractivity contribution in [1.29, 1.82) is 5.26 Å². The minimum atomic E-state index is 0.424. The first-order valence-corrected chi connectivity index (χ1v) is 6.28. The number of hydrogen-bond acceptors (Lipinski definition) is 3. The number of nitrogens with two attached hydrogens (primary N) is 1. The second kappa shape index (κ2) is 5.39. The highest BCUT2D eigenvalue weighted by Gasteiger charge is 2.25. The molecule has 1 aliphatic rings. The van der Waals surface area contributed by atoms with Crippen molar-refractivity contribution < 1.29 is 0 Å². The van der Waals surface area contributed by atoms with E-state index >= 15 is 0 Å². The maximum atomic E-state index is 8.92. The molecule has 0 aliphatic heterocycles. The molecule has 90 valence electrons. The monoisotopic (exact) mass is 249 g/mol. The summed E-state index contributed by atoms with van der Waals surface area (Å²) in [6, 6.07) is 7.98. The van der Waals surface area contributed by atoms with E-state index in [2.05, 4.69) is 11.4 Å². The fourth-order valence-corrected chi connectivity index (χ4v) is 2.58. The van der Waals surface area contributed by atoms with Gasteiger partial charge in [-0.3, -0.25) is 0 Å². The number of nitriles is 1. The fourth-order valence-electron chi connectivity index (χ4n) is 2.42. The highest BCUT2D eigenvalue weighted by Crippen LogP contribution is 2.29. The SMILES string of the molecule is N#Cc1cc(NC2CCCC2CN)ccc1Cl. The van der Waals surface area contributed by atoms with Crippen LogP contribution in [-0.2, 0) is 0 Å². The van der Waals surface area contributed by atoms with Crippen molar-refractivity contribution >= 4 is 17.3 Å². The van der Waals surface area contributed by atoms with Crippen LogP contribution in [0.4, 0.5) is 5.69 Å². The van der Waals surface area contributed by atoms with Crippen molar-refractivity contribution in [2.75, 3.05) is 11.9 Å². The Bertz CT molecular complexity index is 439. The Morgan fingerprint density at radius 1 is 1.47 bits per heavy atom. The van der Waals surface area contributed by atoms with Gasteiger partial charge in [0.05, 0.1) is 10.6 Å². The topological polar surface area (TPSA) is 61.8 Å². The molecule has 0 bridgehead atoms. The van der Waals surface area contributed by atoms with E-state index in [1.165, 1.54) is 12.8 Å². The highest BCUT2D eigenvalue weighted by atomic mass is 35.5. The molecule has 0 amide bonds. The number of hydrogen-bond donors (Lipinski definition) is 2. The molecule has 0 heterocycles. The second-order valence-corrected chi connectivity index (χ2v) is 4.89. The van der Waals surface area contributed by atoms with Crippen molar-refractivity contribution in [3.8, 4) is 6.07 Å². The Morgan fingerprint density at radius 2 is 2.29 bits per heavy atom. The standard InChI is InChI=1S/C13H16ClN3/c14-12-5-4-11(6-10(12)8-16)17-13-3-1-2-9(13)7-15/h4-6,9,13,17H,1-3,7,15H2. The molecule has 2 atom stereocenters. The van der Waals surface area contributed by atoms with Crippen LogP contribution in [-0.4, -0.2) is 12.6 Å². The van der Waals surface area contributed by atoms with Crippen molar-refractivity contribution in [3.05, 3.63) is 28.8 Å². The Labute approximate surface area is 107 Å². The molecule has 0 aromatic heterocycles. The van der Waals surface area contributed by atoms with E-state index in [-0.39, 0.29) is 0 Å². The summed E-state index contributed by atoms with van der Waals surface area (Å²) in [5.74, 6) is 0.538. The van der Waals surface area contributed by atoms with E-state index in [4.69, 9.17) is 22.6 Å². The smallest absolute Gasteiger partial charge is 0.101 e. The molecule has 1 aromatic carbocycles. The summed E-state index contributed by atoms with van der Waals surface area (Å²) in [4.78, 5) is 0. The Balaban J connectivity index is 2.11. The van der Waals surface area contributed by atoms with Gasteiger partial charge in [0.1, 0.15) is 6.07 Å². The summed E-state index contributed by atoms with van der Waals surface area (Å²) in [5, 5.41) is 12.9. The zero-order valence-electron chi connectivity index (χ0n) is 9.62. The molecule has 2 rings (SSSR count). The fraction of sp³-hybridized carbons (Fsp3) is 0.462. The first-order valence-electron chi connectivity index (χ1n) is 5.91. The summed E-state index contributed by atoms with van der Waals surface area (Å²) < 4.78 is 0. The lowest BCUT2D eigenvalue weighted by atomic mass is 10.0. The third-order valence-electron chi connectivity index (χ3n) is 3.40. The normalized spacial score (nSPS) is 23.4. The van der Waals surface area contributed by atoms with Gasteiger partial charge in [-0.15, -0.1) is 0 Å². The van der Waals surface area contributed by atoms with Crippen molar-refractivity contribution in [3.63, 3.8) is 0 Å². The molecule has 1 saturated carbocycles. The van der Waals surface area contributed by atoms with E-state index in [1.54, 1.807) is 12.1 Å². The lowest BCUT2D eigenvalue weighted by molar-refractivity contribution is 0.516. The zero-order chi connectivity index (χ0) is 12.3. The van der Waals surface area contributed by atoms with Crippen LogP contribution in [0, 0.1) is 17.2 Å². The van der Waals surface area contributed by atoms with Gasteiger partial charge < -0.3 is 11.1 Å². The van der Waals surface area contributed by atoms with E-state index in [9.17, 15) is 0 Å². The van der Waals surface area contributed by atoms with Crippen LogP contribution < -0.4 is 11.1 Å². The molecule has 1 fully saturated rings. The molecule has 1 aliphatic carbocycles. The molecular weight excluding hydrogens is 234 g/mol. The van der Waals surface area contributed by atoms with Crippen LogP contribution in [0.5, 0.6) is 0 Å². The lowest BCUT2D eigenvalue weighted by Crippen LogP contribution is -2.29. The minimum absolute atomic E-state index is 0.424. The number of benzene rings is 1. The number of anilines is 1. The van der Waals surface area contributed by atoms with E-state index in [1.807, 2.05) is 6.07 Å². The molecule has 2 unspecified atom stereocenters. The van der Waals surface area contributed by atoms with Gasteiger partial charge in [-0.1, -0.05) is 18.0 Å². The van der Waals surface area contributed by atoms with Crippen LogP contribution in [0.2, 0.25) is 5.02 Å². The van der Waals surface area contributed by atoms with Gasteiger partial charge in [-0.05, 0) is 43.5 Å². The van der Waals surface area contributed by atoms with Crippen LogP contribution in [0.15, 0.2) is 18.2 Å². The largest absolute Gasteiger partial charge is 0.382 e. The molecule has 17 heavy (non-hydrogen) atoms. The Hall–Kier alpha value is -1.24. The van der Waals surface area contributed by atoms with Crippen molar-refractivity contribution in [1.82, 2.24) is 0 Å². The first-order chi connectivity index (χ1) is 8.24. The molecular formula is C13H16ClN3. The molecule has 0 radical (unpaired) electrons. The third kappa shape index (κ3) is 2.71. The zero-order valence-corrected chi connectivity index (χ0v) is 10.4. The molecule has 0 saturated heterocycles. The van der Waals surface area contributed by atoms with Gasteiger partial charge in [0.25, 0.3) is 0 Å². The van der Waals surface area contributed by atoms with Crippen molar-refractivity contribution in [2.24, 2.45) is 11.7 Å². The van der Waals surface area contributed by atoms with Crippen LogP contribution in [0.3, 0.4) is 0 Å². The van der Waals surface area contributed by atoms with Crippen LogP contribution in [0.1, 0.15) is 24.8 Å². The Kier molecular flexibility index (Phi) is 3.88. The van der Waals surface area contributed by atoms with Gasteiger partial charge >= 0.3 is 0 Å². The maximum absolute atomic E-state index is 8.92. The predicted molar refractivity (Wildman–Crippen MR) is 70.0 cm³/mol. The summed E-state index contributed by atoms with van der Waals surface area (Å²) >= 11 is 5.90. The van der Waals surface area contributed by atoms with Crippen LogP contribution >= 0.6 is 11.6 Å². The summed E-state index contributed by atoms with van der Waals surface area (Å²) in [7, 11) is 0. The summed E-state index contributed by atoms with van der Waals surface area (Å²) in [6.45, 7) is 0.719. The van der Waals surface area contributed by atoms with Gasteiger partial charge in [0.2, 0.25) is 0 Å². The number of nitrogens with one attached hydrogen (secondary N) is 1. The van der Waals surface area contributed by atoms with Crippen LogP contribution in [0.25, 0.3) is 0 Å². The molecule has 4 heteroatoms. The van der Waals surface area contributed by atoms with E-state index in [0.717, 1.165) is 18.7 Å². The minimum Gasteiger partial charge on any atom is -0.382 e. The molecule has 0 spiro atoms. The number of halogens is 1. The summed E-state index contributed by atoms with van der Waals surface area (Å²) in [6.07, 6.45) is 3.55. The molecule has 1 aromatic rings. The van der Waals surface area contributed by atoms with Gasteiger partial charge in [-0.2, -0.15) is 5.26 Å². The van der Waals surface area contributed by atoms with Gasteiger partial charge in [0, 0.05) is 11.7 Å². The average Bonchev–Trinajstić information content (AvgIpc) is 2.79. The third-order valence-corrected chi connectivity index (χ3v) is 3.73. The van der Waals surface area contributed by atoms with Gasteiger partial charge in [-0.25, -0.2) is 0 Å². The number of nitrogens with zero attached hydrogens (tertiary/aromatic N) is 1. The van der Waals surface area contributed by atoms with E-state index < -0.39 is 0 Å². The molecule has 3 N–H and O–H groups in total. The predicted octanol–water partition coefficient (Wildman–Crippen LogP) is 2.75. The molecule has 3 nitrogen and oxygen atoms in total. The second-order valence-electron chi connectivity index (χ2n) is 4.48. The average molecular weight is 250 g/mol. The summed E-state index contributed by atoms with van der Waals surface area (Å²) in [5.41, 5.74) is 7.21. The van der Waals surface area contributed by atoms with E-state index in [0.29, 0.717) is 22.5 Å². The quantitative estimate of drug-likeness (QED) is 0.866.